The van der Waals surface area contributed by atoms with Gasteiger partial charge in [0.2, 0.25) is 5.91 Å². The number of ether oxygens (including phenoxy) is 1. The highest BCUT2D eigenvalue weighted by atomic mass is 35.5. The third kappa shape index (κ3) is 3.83. The summed E-state index contributed by atoms with van der Waals surface area (Å²) in [6.45, 7) is 0.164. The van der Waals surface area contributed by atoms with Crippen molar-refractivity contribution in [2.45, 2.75) is 17.9 Å². The van der Waals surface area contributed by atoms with Crippen molar-refractivity contribution in [2.75, 3.05) is 16.7 Å². The lowest BCUT2D eigenvalue weighted by Gasteiger charge is -2.25. The van der Waals surface area contributed by atoms with Gasteiger partial charge in [-0.05, 0) is 53.4 Å². The maximum atomic E-state index is 13.6. The highest BCUT2D eigenvalue weighted by Gasteiger charge is 2.30. The van der Waals surface area contributed by atoms with E-state index in [2.05, 4.69) is 5.32 Å². The third-order valence-electron chi connectivity index (χ3n) is 4.59. The Labute approximate surface area is 177 Å². The average molecular weight is 449 g/mol. The molecule has 0 aliphatic carbocycles. The molecule has 0 bridgehead atoms. The van der Waals surface area contributed by atoms with Gasteiger partial charge in [0.05, 0.1) is 30.8 Å². The van der Waals surface area contributed by atoms with Crippen molar-refractivity contribution in [3.8, 4) is 5.75 Å². The minimum Gasteiger partial charge on any atom is -0.497 e. The van der Waals surface area contributed by atoms with Crippen LogP contribution in [0.3, 0.4) is 0 Å². The van der Waals surface area contributed by atoms with E-state index in [1.54, 1.807) is 31.4 Å². The molecule has 3 aromatic rings. The van der Waals surface area contributed by atoms with Crippen LogP contribution in [0.2, 0.25) is 5.02 Å². The van der Waals surface area contributed by atoms with E-state index in [1.807, 2.05) is 17.5 Å². The van der Waals surface area contributed by atoms with Crippen molar-refractivity contribution >= 4 is 50.2 Å². The van der Waals surface area contributed by atoms with Crippen LogP contribution in [-0.4, -0.2) is 21.4 Å². The van der Waals surface area contributed by atoms with E-state index in [1.165, 1.54) is 27.8 Å². The van der Waals surface area contributed by atoms with E-state index in [0.29, 0.717) is 22.7 Å². The first-order valence-corrected chi connectivity index (χ1v) is 11.4. The summed E-state index contributed by atoms with van der Waals surface area (Å²) in [5.74, 6) is 0.443. The van der Waals surface area contributed by atoms with E-state index in [0.717, 1.165) is 4.88 Å². The normalized spacial score (nSPS) is 13.1. The molecule has 0 atom stereocenters. The number of halogens is 1. The van der Waals surface area contributed by atoms with Crippen molar-refractivity contribution in [2.24, 2.45) is 0 Å². The summed E-state index contributed by atoms with van der Waals surface area (Å²) in [5.41, 5.74) is 1.65. The molecule has 4 rings (SSSR count). The topological polar surface area (TPSA) is 75.7 Å². The van der Waals surface area contributed by atoms with Gasteiger partial charge in [-0.25, -0.2) is 8.42 Å². The fourth-order valence-corrected chi connectivity index (χ4v) is 5.92. The van der Waals surface area contributed by atoms with Gasteiger partial charge in [-0.1, -0.05) is 17.7 Å². The number of nitrogens with zero attached hydrogens (tertiary/aromatic N) is 1. The van der Waals surface area contributed by atoms with E-state index in [4.69, 9.17) is 16.3 Å². The second kappa shape index (κ2) is 7.70. The standard InChI is InChI=1S/C20H17ClN2O4S2/c1-27-15-6-4-14(5-7-15)23(12-16-3-2-8-28-16)29(25,26)19-9-13-10-20(24)22-18(13)11-17(19)21/h2-9,11H,10,12H2,1H3,(H,22,24). The highest BCUT2D eigenvalue weighted by molar-refractivity contribution is 7.93. The molecular formula is C20H17ClN2O4S2. The van der Waals surface area contributed by atoms with Gasteiger partial charge < -0.3 is 10.1 Å². The summed E-state index contributed by atoms with van der Waals surface area (Å²) >= 11 is 7.80. The lowest BCUT2D eigenvalue weighted by Crippen LogP contribution is -2.30. The molecule has 1 aliphatic heterocycles. The van der Waals surface area contributed by atoms with Crippen LogP contribution in [0.5, 0.6) is 5.75 Å². The second-order valence-corrected chi connectivity index (χ2v) is 9.72. The van der Waals surface area contributed by atoms with Crippen LogP contribution < -0.4 is 14.4 Å². The second-order valence-electron chi connectivity index (χ2n) is 6.45. The predicted octanol–water partition coefficient (Wildman–Crippen LogP) is 4.30. The van der Waals surface area contributed by atoms with Crippen molar-refractivity contribution in [1.29, 1.82) is 0 Å². The molecule has 2 heterocycles. The number of hydrogen-bond donors (Lipinski definition) is 1. The van der Waals surface area contributed by atoms with Crippen LogP contribution in [-0.2, 0) is 27.8 Å². The Morgan fingerprint density at radius 2 is 1.97 bits per heavy atom. The fourth-order valence-electron chi connectivity index (χ4n) is 3.15. The van der Waals surface area contributed by atoms with E-state index in [9.17, 15) is 13.2 Å². The Bertz CT molecular complexity index is 1160. The first-order valence-electron chi connectivity index (χ1n) is 8.70. The van der Waals surface area contributed by atoms with Gasteiger partial charge in [-0.15, -0.1) is 11.3 Å². The smallest absolute Gasteiger partial charge is 0.266 e. The summed E-state index contributed by atoms with van der Waals surface area (Å²) < 4.78 is 33.7. The Balaban J connectivity index is 1.80. The summed E-state index contributed by atoms with van der Waals surface area (Å²) in [5, 5.41) is 4.64. The number of sulfonamides is 1. The molecule has 6 nitrogen and oxygen atoms in total. The predicted molar refractivity (Wildman–Crippen MR) is 114 cm³/mol. The van der Waals surface area contributed by atoms with Gasteiger partial charge in [0.25, 0.3) is 10.0 Å². The largest absolute Gasteiger partial charge is 0.497 e. The quantitative estimate of drug-likeness (QED) is 0.610. The number of thiophene rings is 1. The number of methoxy groups -OCH3 is 1. The summed E-state index contributed by atoms with van der Waals surface area (Å²) in [6, 6.07) is 13.5. The molecule has 1 aromatic heterocycles. The first kappa shape index (κ1) is 19.8. The lowest BCUT2D eigenvalue weighted by atomic mass is 10.2. The van der Waals surface area contributed by atoms with Crippen LogP contribution in [0, 0.1) is 0 Å². The number of carbonyl (C=O) groups is 1. The molecule has 150 valence electrons. The maximum Gasteiger partial charge on any atom is 0.266 e. The van der Waals surface area contributed by atoms with Gasteiger partial charge in [0.15, 0.2) is 0 Å². The fraction of sp³-hybridized carbons (Fsp3) is 0.150. The third-order valence-corrected chi connectivity index (χ3v) is 7.69. The number of anilines is 2. The molecule has 2 aromatic carbocycles. The Kier molecular flexibility index (Phi) is 5.24. The highest BCUT2D eigenvalue weighted by Crippen LogP contribution is 2.36. The molecule has 0 fully saturated rings. The zero-order chi connectivity index (χ0) is 20.6. The van der Waals surface area contributed by atoms with Crippen LogP contribution in [0.1, 0.15) is 10.4 Å². The summed E-state index contributed by atoms with van der Waals surface area (Å²) in [7, 11) is -2.44. The van der Waals surface area contributed by atoms with Gasteiger partial charge in [0.1, 0.15) is 10.6 Å². The van der Waals surface area contributed by atoms with Gasteiger partial charge in [-0.2, -0.15) is 0 Å². The maximum absolute atomic E-state index is 13.6. The number of benzene rings is 2. The minimum atomic E-state index is -3.99. The molecule has 1 N–H and O–H groups in total. The summed E-state index contributed by atoms with van der Waals surface area (Å²) in [4.78, 5) is 12.5. The minimum absolute atomic E-state index is 0.0261. The van der Waals surface area contributed by atoms with Crippen LogP contribution in [0.15, 0.2) is 58.8 Å². The number of rotatable bonds is 6. The zero-order valence-electron chi connectivity index (χ0n) is 15.4. The van der Waals surface area contributed by atoms with Crippen molar-refractivity contribution < 1.29 is 17.9 Å². The Morgan fingerprint density at radius 3 is 2.62 bits per heavy atom. The van der Waals surface area contributed by atoms with Crippen LogP contribution in [0.4, 0.5) is 11.4 Å². The van der Waals surface area contributed by atoms with Crippen molar-refractivity contribution in [1.82, 2.24) is 0 Å². The molecule has 1 amide bonds. The van der Waals surface area contributed by atoms with E-state index in [-0.39, 0.29) is 28.8 Å². The molecule has 0 spiro atoms. The molecular weight excluding hydrogens is 432 g/mol. The summed E-state index contributed by atoms with van der Waals surface area (Å²) in [6.07, 6.45) is 0.127. The monoisotopic (exact) mass is 448 g/mol. The first-order chi connectivity index (χ1) is 13.9. The zero-order valence-corrected chi connectivity index (χ0v) is 17.8. The van der Waals surface area contributed by atoms with Crippen LogP contribution in [0.25, 0.3) is 0 Å². The molecule has 9 heteroatoms. The molecule has 1 aliphatic rings. The molecule has 0 saturated carbocycles. The van der Waals surface area contributed by atoms with E-state index < -0.39 is 10.0 Å². The Morgan fingerprint density at radius 1 is 1.21 bits per heavy atom. The number of hydrogen-bond acceptors (Lipinski definition) is 5. The van der Waals surface area contributed by atoms with Gasteiger partial charge in [-0.3, -0.25) is 9.10 Å². The number of carbonyl (C=O) groups excluding carboxylic acids is 1. The van der Waals surface area contributed by atoms with Crippen molar-refractivity contribution in [3.05, 3.63) is 69.4 Å². The molecule has 29 heavy (non-hydrogen) atoms. The van der Waals surface area contributed by atoms with Gasteiger partial charge >= 0.3 is 0 Å². The van der Waals surface area contributed by atoms with Gasteiger partial charge in [0, 0.05) is 10.6 Å². The SMILES string of the molecule is COc1ccc(N(Cc2cccs2)S(=O)(=O)c2cc3c(cc2Cl)NC(=O)C3)cc1. The number of fused-ring (bicyclic) bond motifs is 1. The average Bonchev–Trinajstić information content (AvgIpc) is 3.33. The number of nitrogens with one attached hydrogen (secondary N) is 1. The molecule has 0 saturated heterocycles. The Hall–Kier alpha value is -2.55. The molecule has 0 radical (unpaired) electrons. The lowest BCUT2D eigenvalue weighted by molar-refractivity contribution is -0.115. The van der Waals surface area contributed by atoms with E-state index >= 15 is 0 Å². The van der Waals surface area contributed by atoms with Crippen LogP contribution >= 0.6 is 22.9 Å². The number of amides is 1. The molecule has 0 unspecified atom stereocenters. The van der Waals surface area contributed by atoms with Crippen molar-refractivity contribution in [3.63, 3.8) is 0 Å².